The van der Waals surface area contributed by atoms with E-state index >= 15 is 0 Å². The third kappa shape index (κ3) is 3.11. The summed E-state index contributed by atoms with van der Waals surface area (Å²) in [5.74, 6) is 0.547. The van der Waals surface area contributed by atoms with Gasteiger partial charge in [0, 0.05) is 23.8 Å². The molecule has 106 valence electrons. The average Bonchev–Trinajstić information content (AvgIpc) is 2.43. The van der Waals surface area contributed by atoms with Crippen LogP contribution in [0, 0.1) is 13.8 Å². The van der Waals surface area contributed by atoms with Crippen molar-refractivity contribution in [3.63, 3.8) is 0 Å². The molecule has 20 heavy (non-hydrogen) atoms. The molecule has 2 aromatic heterocycles. The van der Waals surface area contributed by atoms with Gasteiger partial charge in [-0.25, -0.2) is 4.98 Å². The zero-order valence-corrected chi connectivity index (χ0v) is 12.3. The van der Waals surface area contributed by atoms with Crippen molar-refractivity contribution in [2.24, 2.45) is 0 Å². The molecule has 0 saturated heterocycles. The molecule has 1 atom stereocenters. The summed E-state index contributed by atoms with van der Waals surface area (Å²) in [6.07, 6.45) is 3.32. The highest BCUT2D eigenvalue weighted by molar-refractivity contribution is 5.34. The number of methoxy groups -OCH3 is 1. The molecule has 0 saturated carbocycles. The number of pyridine rings is 1. The second kappa shape index (κ2) is 6.43. The van der Waals surface area contributed by atoms with E-state index in [1.54, 1.807) is 19.5 Å². The number of aryl methyl sites for hydroxylation is 2. The standard InChI is InChI=1S/C15H20N4O/c1-5-16-13(12-8-10(2)19-11(3)9-12)14-15(20-4)18-7-6-17-14/h6-9,13,16H,5H2,1-4H3. The SMILES string of the molecule is CCNC(c1cc(C)nc(C)c1)c1nccnc1OC. The van der Waals surface area contributed by atoms with Crippen LogP contribution in [-0.2, 0) is 0 Å². The number of nitrogens with one attached hydrogen (secondary N) is 1. The molecular weight excluding hydrogens is 252 g/mol. The lowest BCUT2D eigenvalue weighted by Gasteiger charge is -2.20. The second-order valence-electron chi connectivity index (χ2n) is 4.62. The van der Waals surface area contributed by atoms with Crippen LogP contribution in [0.1, 0.15) is 35.6 Å². The summed E-state index contributed by atoms with van der Waals surface area (Å²) < 4.78 is 5.33. The van der Waals surface area contributed by atoms with Crippen molar-refractivity contribution < 1.29 is 4.74 Å². The average molecular weight is 272 g/mol. The van der Waals surface area contributed by atoms with Gasteiger partial charge in [0.2, 0.25) is 5.88 Å². The van der Waals surface area contributed by atoms with Crippen LogP contribution in [0.2, 0.25) is 0 Å². The van der Waals surface area contributed by atoms with Crippen molar-refractivity contribution in [3.8, 4) is 5.88 Å². The fourth-order valence-corrected chi connectivity index (χ4v) is 2.30. The number of ether oxygens (including phenoxy) is 1. The molecule has 0 fully saturated rings. The third-order valence-electron chi connectivity index (χ3n) is 3.00. The molecule has 0 aliphatic rings. The van der Waals surface area contributed by atoms with Gasteiger partial charge >= 0.3 is 0 Å². The van der Waals surface area contributed by atoms with Crippen LogP contribution in [0.3, 0.4) is 0 Å². The van der Waals surface area contributed by atoms with E-state index in [1.807, 2.05) is 13.8 Å². The largest absolute Gasteiger partial charge is 0.480 e. The molecule has 0 radical (unpaired) electrons. The third-order valence-corrected chi connectivity index (χ3v) is 3.00. The summed E-state index contributed by atoms with van der Waals surface area (Å²) in [5.41, 5.74) is 3.90. The minimum absolute atomic E-state index is 0.0518. The van der Waals surface area contributed by atoms with E-state index in [4.69, 9.17) is 4.74 Å². The van der Waals surface area contributed by atoms with Gasteiger partial charge in [-0.1, -0.05) is 6.92 Å². The number of aromatic nitrogens is 3. The van der Waals surface area contributed by atoms with Gasteiger partial charge in [-0.3, -0.25) is 9.97 Å². The maximum atomic E-state index is 5.33. The van der Waals surface area contributed by atoms with Gasteiger partial charge in [-0.15, -0.1) is 0 Å². The first kappa shape index (κ1) is 14.4. The Morgan fingerprint density at radius 1 is 1.15 bits per heavy atom. The summed E-state index contributed by atoms with van der Waals surface area (Å²) in [6.45, 7) is 6.88. The molecule has 2 rings (SSSR count). The molecule has 1 N–H and O–H groups in total. The Morgan fingerprint density at radius 2 is 1.80 bits per heavy atom. The van der Waals surface area contributed by atoms with E-state index in [9.17, 15) is 0 Å². The van der Waals surface area contributed by atoms with Crippen molar-refractivity contribution in [2.45, 2.75) is 26.8 Å². The minimum atomic E-state index is -0.0518. The number of hydrogen-bond donors (Lipinski definition) is 1. The molecule has 0 amide bonds. The van der Waals surface area contributed by atoms with Gasteiger partial charge in [0.15, 0.2) is 0 Å². The van der Waals surface area contributed by atoms with Crippen LogP contribution in [0.25, 0.3) is 0 Å². The highest BCUT2D eigenvalue weighted by atomic mass is 16.5. The molecule has 2 heterocycles. The predicted molar refractivity (Wildman–Crippen MR) is 77.8 cm³/mol. The minimum Gasteiger partial charge on any atom is -0.480 e. The van der Waals surface area contributed by atoms with Gasteiger partial charge in [0.25, 0.3) is 0 Å². The van der Waals surface area contributed by atoms with Crippen LogP contribution in [-0.4, -0.2) is 28.6 Å². The molecule has 0 aromatic carbocycles. The Bertz CT molecular complexity index is 566. The first-order chi connectivity index (χ1) is 9.65. The Kier molecular flexibility index (Phi) is 4.63. The van der Waals surface area contributed by atoms with Crippen molar-refractivity contribution in [3.05, 3.63) is 47.2 Å². The zero-order valence-electron chi connectivity index (χ0n) is 12.3. The summed E-state index contributed by atoms with van der Waals surface area (Å²) in [6, 6.07) is 4.08. The summed E-state index contributed by atoms with van der Waals surface area (Å²) in [5, 5.41) is 3.43. The van der Waals surface area contributed by atoms with E-state index in [0.29, 0.717) is 5.88 Å². The summed E-state index contributed by atoms with van der Waals surface area (Å²) >= 11 is 0. The smallest absolute Gasteiger partial charge is 0.237 e. The molecule has 2 aromatic rings. The van der Waals surface area contributed by atoms with Crippen molar-refractivity contribution in [1.29, 1.82) is 0 Å². The van der Waals surface area contributed by atoms with Crippen molar-refractivity contribution in [2.75, 3.05) is 13.7 Å². The quantitative estimate of drug-likeness (QED) is 0.904. The van der Waals surface area contributed by atoms with E-state index in [1.165, 1.54) is 0 Å². The van der Waals surface area contributed by atoms with Gasteiger partial charge < -0.3 is 10.1 Å². The maximum Gasteiger partial charge on any atom is 0.237 e. The van der Waals surface area contributed by atoms with Crippen LogP contribution in [0.4, 0.5) is 0 Å². The van der Waals surface area contributed by atoms with Gasteiger partial charge in [0.1, 0.15) is 5.69 Å². The molecule has 0 bridgehead atoms. The molecule has 0 aliphatic carbocycles. The number of rotatable bonds is 5. The van der Waals surface area contributed by atoms with Gasteiger partial charge in [-0.2, -0.15) is 0 Å². The number of hydrogen-bond acceptors (Lipinski definition) is 5. The molecular formula is C15H20N4O. The van der Waals surface area contributed by atoms with Crippen LogP contribution >= 0.6 is 0 Å². The normalized spacial score (nSPS) is 12.2. The lowest BCUT2D eigenvalue weighted by atomic mass is 10.0. The zero-order chi connectivity index (χ0) is 14.5. The van der Waals surface area contributed by atoms with Crippen LogP contribution < -0.4 is 10.1 Å². The molecule has 5 nitrogen and oxygen atoms in total. The van der Waals surface area contributed by atoms with Gasteiger partial charge in [-0.05, 0) is 38.1 Å². The topological polar surface area (TPSA) is 59.9 Å². The lowest BCUT2D eigenvalue weighted by Crippen LogP contribution is -2.24. The predicted octanol–water partition coefficient (Wildman–Crippen LogP) is 2.20. The molecule has 0 aliphatic heterocycles. The van der Waals surface area contributed by atoms with E-state index in [-0.39, 0.29) is 6.04 Å². The number of nitrogens with zero attached hydrogens (tertiary/aromatic N) is 3. The monoisotopic (exact) mass is 272 g/mol. The Balaban J connectivity index is 2.50. The van der Waals surface area contributed by atoms with E-state index in [2.05, 4.69) is 39.3 Å². The highest BCUT2D eigenvalue weighted by Crippen LogP contribution is 2.26. The summed E-state index contributed by atoms with van der Waals surface area (Å²) in [7, 11) is 1.61. The van der Waals surface area contributed by atoms with Crippen LogP contribution in [0.5, 0.6) is 5.88 Å². The van der Waals surface area contributed by atoms with E-state index < -0.39 is 0 Å². The lowest BCUT2D eigenvalue weighted by molar-refractivity contribution is 0.383. The van der Waals surface area contributed by atoms with E-state index in [0.717, 1.165) is 29.2 Å². The molecule has 0 spiro atoms. The Hall–Kier alpha value is -2.01. The first-order valence-corrected chi connectivity index (χ1v) is 6.69. The Morgan fingerprint density at radius 3 is 2.40 bits per heavy atom. The van der Waals surface area contributed by atoms with Crippen molar-refractivity contribution in [1.82, 2.24) is 20.3 Å². The first-order valence-electron chi connectivity index (χ1n) is 6.69. The highest BCUT2D eigenvalue weighted by Gasteiger charge is 2.20. The van der Waals surface area contributed by atoms with Crippen molar-refractivity contribution >= 4 is 0 Å². The molecule has 1 unspecified atom stereocenters. The van der Waals surface area contributed by atoms with Gasteiger partial charge in [0.05, 0.1) is 13.2 Å². The second-order valence-corrected chi connectivity index (χ2v) is 4.62. The fraction of sp³-hybridized carbons (Fsp3) is 0.400. The summed E-state index contributed by atoms with van der Waals surface area (Å²) in [4.78, 5) is 13.1. The maximum absolute atomic E-state index is 5.33. The van der Waals surface area contributed by atoms with Crippen LogP contribution in [0.15, 0.2) is 24.5 Å². The fourth-order valence-electron chi connectivity index (χ4n) is 2.30. The Labute approximate surface area is 119 Å². The molecule has 5 heteroatoms.